The molecule has 6 nitrogen and oxygen atoms in total. The molecule has 0 saturated carbocycles. The summed E-state index contributed by atoms with van der Waals surface area (Å²) in [6, 6.07) is 6.73. The second-order valence-corrected chi connectivity index (χ2v) is 3.95. The number of aromatic amines is 1. The number of pyridine rings is 2. The maximum absolute atomic E-state index is 11.1. The molecule has 3 rings (SSSR count). The maximum atomic E-state index is 11.1. The van der Waals surface area contributed by atoms with Crippen LogP contribution in [0.25, 0.3) is 22.4 Å². The van der Waals surface area contributed by atoms with E-state index in [4.69, 9.17) is 10.3 Å². The zero-order valence-electron chi connectivity index (χ0n) is 9.83. The molecule has 94 valence electrons. The number of nitrogens with zero attached hydrogens (tertiary/aromatic N) is 2. The molecule has 0 unspecified atom stereocenters. The zero-order valence-corrected chi connectivity index (χ0v) is 9.83. The van der Waals surface area contributed by atoms with Crippen molar-refractivity contribution in [1.82, 2.24) is 15.1 Å². The summed E-state index contributed by atoms with van der Waals surface area (Å²) in [6.07, 6.45) is 4.90. The summed E-state index contributed by atoms with van der Waals surface area (Å²) in [5.41, 5.74) is 8.50. The molecule has 3 heterocycles. The highest BCUT2D eigenvalue weighted by atomic mass is 16.5. The third-order valence-electron chi connectivity index (χ3n) is 2.75. The standard InChI is InChI=1S/C13H10N4O2/c14-13-11(8-3-5-15-6-4-8)12(17-19-13)9-1-2-10(18)16-7-9/h1-7H,14H2,(H,16,18). The summed E-state index contributed by atoms with van der Waals surface area (Å²) in [4.78, 5) is 17.6. The van der Waals surface area contributed by atoms with E-state index in [9.17, 15) is 4.79 Å². The lowest BCUT2D eigenvalue weighted by atomic mass is 10.0. The third-order valence-corrected chi connectivity index (χ3v) is 2.75. The number of hydrogen-bond donors (Lipinski definition) is 2. The zero-order chi connectivity index (χ0) is 13.2. The van der Waals surface area contributed by atoms with E-state index >= 15 is 0 Å². The second kappa shape index (κ2) is 4.41. The van der Waals surface area contributed by atoms with Crippen LogP contribution in [0.3, 0.4) is 0 Å². The number of nitrogens with one attached hydrogen (secondary N) is 1. The van der Waals surface area contributed by atoms with Crippen LogP contribution >= 0.6 is 0 Å². The van der Waals surface area contributed by atoms with Gasteiger partial charge < -0.3 is 15.2 Å². The van der Waals surface area contributed by atoms with E-state index in [-0.39, 0.29) is 11.4 Å². The molecule has 0 aromatic carbocycles. The van der Waals surface area contributed by atoms with Crippen molar-refractivity contribution >= 4 is 5.88 Å². The van der Waals surface area contributed by atoms with Gasteiger partial charge in [-0.1, -0.05) is 5.16 Å². The number of nitrogen functional groups attached to an aromatic ring is 1. The van der Waals surface area contributed by atoms with Gasteiger partial charge in [0.25, 0.3) is 0 Å². The average Bonchev–Trinajstić information content (AvgIpc) is 2.82. The van der Waals surface area contributed by atoms with Crippen LogP contribution < -0.4 is 11.3 Å². The van der Waals surface area contributed by atoms with E-state index < -0.39 is 0 Å². The van der Waals surface area contributed by atoms with Gasteiger partial charge in [0.2, 0.25) is 11.4 Å². The fourth-order valence-corrected chi connectivity index (χ4v) is 1.86. The Bertz CT molecular complexity index is 741. The topological polar surface area (TPSA) is 97.8 Å². The molecule has 0 atom stereocenters. The van der Waals surface area contributed by atoms with E-state index in [0.29, 0.717) is 11.3 Å². The van der Waals surface area contributed by atoms with Crippen LogP contribution in [0.2, 0.25) is 0 Å². The molecule has 19 heavy (non-hydrogen) atoms. The van der Waals surface area contributed by atoms with E-state index in [1.165, 1.54) is 6.07 Å². The van der Waals surface area contributed by atoms with E-state index in [2.05, 4.69) is 15.1 Å². The van der Waals surface area contributed by atoms with Gasteiger partial charge in [0, 0.05) is 30.2 Å². The Labute approximate surface area is 107 Å². The lowest BCUT2D eigenvalue weighted by Gasteiger charge is -2.01. The second-order valence-electron chi connectivity index (χ2n) is 3.95. The maximum Gasteiger partial charge on any atom is 0.247 e. The number of anilines is 1. The normalized spacial score (nSPS) is 10.5. The summed E-state index contributed by atoms with van der Waals surface area (Å²) in [7, 11) is 0. The Morgan fingerprint density at radius 3 is 2.58 bits per heavy atom. The Kier molecular flexibility index (Phi) is 2.60. The van der Waals surface area contributed by atoms with Crippen molar-refractivity contribution in [1.29, 1.82) is 0 Å². The number of aromatic nitrogens is 3. The van der Waals surface area contributed by atoms with Crippen molar-refractivity contribution in [2.45, 2.75) is 0 Å². The molecule has 3 aromatic heterocycles. The Hall–Kier alpha value is -2.89. The van der Waals surface area contributed by atoms with Gasteiger partial charge in [-0.25, -0.2) is 0 Å². The van der Waals surface area contributed by atoms with Crippen LogP contribution in [0, 0.1) is 0 Å². The lowest BCUT2D eigenvalue weighted by molar-refractivity contribution is 0.439. The summed E-state index contributed by atoms with van der Waals surface area (Å²) in [5, 5.41) is 3.95. The Morgan fingerprint density at radius 2 is 1.89 bits per heavy atom. The minimum absolute atomic E-state index is 0.175. The molecule has 0 amide bonds. The molecule has 0 spiro atoms. The molecule has 0 aliphatic heterocycles. The first-order chi connectivity index (χ1) is 9.25. The van der Waals surface area contributed by atoms with Crippen LogP contribution in [0.1, 0.15) is 0 Å². The van der Waals surface area contributed by atoms with Crippen LogP contribution in [0.4, 0.5) is 5.88 Å². The smallest absolute Gasteiger partial charge is 0.247 e. The molecular weight excluding hydrogens is 244 g/mol. The Balaban J connectivity index is 2.19. The molecule has 6 heteroatoms. The fraction of sp³-hybridized carbons (Fsp3) is 0. The van der Waals surface area contributed by atoms with Crippen LogP contribution in [0.15, 0.2) is 52.2 Å². The summed E-state index contributed by atoms with van der Waals surface area (Å²) < 4.78 is 5.05. The summed E-state index contributed by atoms with van der Waals surface area (Å²) in [5.74, 6) is 0.229. The van der Waals surface area contributed by atoms with Gasteiger partial charge in [0.15, 0.2) is 0 Å². The fourth-order valence-electron chi connectivity index (χ4n) is 1.86. The van der Waals surface area contributed by atoms with Crippen molar-refractivity contribution < 1.29 is 4.52 Å². The lowest BCUT2D eigenvalue weighted by Crippen LogP contribution is -2.01. The van der Waals surface area contributed by atoms with E-state index in [1.54, 1.807) is 24.7 Å². The van der Waals surface area contributed by atoms with Crippen molar-refractivity contribution in [3.8, 4) is 22.4 Å². The van der Waals surface area contributed by atoms with Crippen molar-refractivity contribution in [3.63, 3.8) is 0 Å². The summed E-state index contributed by atoms with van der Waals surface area (Å²) in [6.45, 7) is 0. The molecule has 3 aromatic rings. The Morgan fingerprint density at radius 1 is 1.11 bits per heavy atom. The average molecular weight is 254 g/mol. The quantitative estimate of drug-likeness (QED) is 0.725. The molecule has 0 aliphatic carbocycles. The van der Waals surface area contributed by atoms with Crippen LogP contribution in [-0.4, -0.2) is 15.1 Å². The minimum Gasteiger partial charge on any atom is -0.367 e. The molecule has 0 bridgehead atoms. The first-order valence-electron chi connectivity index (χ1n) is 5.60. The first kappa shape index (κ1) is 11.2. The molecule has 0 fully saturated rings. The van der Waals surface area contributed by atoms with Crippen LogP contribution in [-0.2, 0) is 0 Å². The van der Waals surface area contributed by atoms with E-state index in [0.717, 1.165) is 11.1 Å². The highest BCUT2D eigenvalue weighted by Crippen LogP contribution is 2.35. The van der Waals surface area contributed by atoms with Crippen molar-refractivity contribution in [3.05, 3.63) is 53.2 Å². The molecule has 3 N–H and O–H groups in total. The number of rotatable bonds is 2. The van der Waals surface area contributed by atoms with Gasteiger partial charge in [-0.2, -0.15) is 0 Å². The third kappa shape index (κ3) is 1.99. The predicted octanol–water partition coefficient (Wildman–Crippen LogP) is 1.67. The monoisotopic (exact) mass is 254 g/mol. The van der Waals surface area contributed by atoms with Gasteiger partial charge in [0.05, 0.1) is 5.56 Å². The SMILES string of the molecule is Nc1onc(-c2ccc(=O)[nH]c2)c1-c1ccncc1. The highest BCUT2D eigenvalue weighted by molar-refractivity contribution is 5.86. The minimum atomic E-state index is -0.175. The van der Waals surface area contributed by atoms with Crippen molar-refractivity contribution in [2.75, 3.05) is 5.73 Å². The molecule has 0 saturated heterocycles. The van der Waals surface area contributed by atoms with Gasteiger partial charge in [-0.3, -0.25) is 9.78 Å². The first-order valence-corrected chi connectivity index (χ1v) is 5.60. The number of hydrogen-bond acceptors (Lipinski definition) is 5. The van der Waals surface area contributed by atoms with Crippen LogP contribution in [0.5, 0.6) is 0 Å². The summed E-state index contributed by atoms with van der Waals surface area (Å²) >= 11 is 0. The highest BCUT2D eigenvalue weighted by Gasteiger charge is 2.17. The molecule has 0 radical (unpaired) electrons. The molecular formula is C13H10N4O2. The number of H-pyrrole nitrogens is 1. The van der Waals surface area contributed by atoms with Gasteiger partial charge in [-0.15, -0.1) is 0 Å². The van der Waals surface area contributed by atoms with Crippen molar-refractivity contribution in [2.24, 2.45) is 0 Å². The largest absolute Gasteiger partial charge is 0.367 e. The van der Waals surface area contributed by atoms with Gasteiger partial charge in [-0.05, 0) is 23.8 Å². The van der Waals surface area contributed by atoms with E-state index in [1.807, 2.05) is 12.1 Å². The molecule has 0 aliphatic rings. The predicted molar refractivity (Wildman–Crippen MR) is 70.2 cm³/mol. The number of nitrogens with two attached hydrogens (primary N) is 1. The van der Waals surface area contributed by atoms with Gasteiger partial charge >= 0.3 is 0 Å². The van der Waals surface area contributed by atoms with Gasteiger partial charge in [0.1, 0.15) is 5.69 Å².